The van der Waals surface area contributed by atoms with Gasteiger partial charge >= 0.3 is 0 Å². The van der Waals surface area contributed by atoms with E-state index in [1.54, 1.807) is 14.0 Å². The number of rotatable bonds is 7. The molecule has 1 aromatic rings. The molecular weight excluding hydrogens is 283 g/mol. The van der Waals surface area contributed by atoms with Gasteiger partial charge in [0.1, 0.15) is 16.6 Å². The normalized spacial score (nSPS) is 11.8. The second-order valence-corrected chi connectivity index (χ2v) is 4.66. The van der Waals surface area contributed by atoms with Crippen LogP contribution in [-0.4, -0.2) is 37.3 Å². The summed E-state index contributed by atoms with van der Waals surface area (Å²) in [7, 11) is 1.55. The molecule has 0 bridgehead atoms. The predicted molar refractivity (Wildman–Crippen MR) is 77.3 cm³/mol. The lowest BCUT2D eigenvalue weighted by Crippen LogP contribution is -2.38. The van der Waals surface area contributed by atoms with E-state index >= 15 is 0 Å². The fourth-order valence-electron chi connectivity index (χ4n) is 1.54. The van der Waals surface area contributed by atoms with Crippen LogP contribution in [0.2, 0.25) is 0 Å². The van der Waals surface area contributed by atoms with Crippen LogP contribution in [-0.2, 0) is 9.53 Å². The molecule has 110 valence electrons. The van der Waals surface area contributed by atoms with E-state index in [1.165, 1.54) is 12.1 Å². The molecule has 0 aliphatic rings. The van der Waals surface area contributed by atoms with E-state index in [4.69, 9.17) is 27.4 Å². The third-order valence-corrected chi connectivity index (χ3v) is 2.62. The Bertz CT molecular complexity index is 497. The van der Waals surface area contributed by atoms with Crippen LogP contribution in [0.5, 0.6) is 5.75 Å². The summed E-state index contributed by atoms with van der Waals surface area (Å²) >= 11 is 4.69. The van der Waals surface area contributed by atoms with Crippen LogP contribution in [0.3, 0.4) is 0 Å². The van der Waals surface area contributed by atoms with Crippen LogP contribution in [0.25, 0.3) is 0 Å². The largest absolute Gasteiger partial charge is 0.484 e. The molecule has 0 saturated heterocycles. The number of halogens is 1. The lowest BCUT2D eigenvalue weighted by molar-refractivity contribution is -0.124. The monoisotopic (exact) mass is 300 g/mol. The Kier molecular flexibility index (Phi) is 6.33. The minimum atomic E-state index is -0.580. The molecule has 0 aromatic heterocycles. The SMILES string of the molecule is COCC(C)NC(=O)COc1ccc(C(N)=S)c(F)c1. The first-order valence-electron chi connectivity index (χ1n) is 5.94. The maximum absolute atomic E-state index is 13.6. The number of amides is 1. The molecule has 7 heteroatoms. The molecular formula is C13H17FN2O3S. The van der Waals surface area contributed by atoms with E-state index in [-0.39, 0.29) is 34.9 Å². The van der Waals surface area contributed by atoms with E-state index in [9.17, 15) is 9.18 Å². The number of thiocarbonyl (C=S) groups is 1. The highest BCUT2D eigenvalue weighted by atomic mass is 32.1. The van der Waals surface area contributed by atoms with Crippen molar-refractivity contribution >= 4 is 23.1 Å². The number of ether oxygens (including phenoxy) is 2. The van der Waals surface area contributed by atoms with Crippen molar-refractivity contribution in [3.8, 4) is 5.75 Å². The minimum absolute atomic E-state index is 0.0276. The highest BCUT2D eigenvalue weighted by Crippen LogP contribution is 2.16. The maximum atomic E-state index is 13.6. The molecule has 20 heavy (non-hydrogen) atoms. The smallest absolute Gasteiger partial charge is 0.258 e. The van der Waals surface area contributed by atoms with Gasteiger partial charge in [-0.25, -0.2) is 4.39 Å². The Balaban J connectivity index is 2.52. The molecule has 0 radical (unpaired) electrons. The lowest BCUT2D eigenvalue weighted by atomic mass is 10.2. The molecule has 0 fully saturated rings. The zero-order chi connectivity index (χ0) is 15.1. The average molecular weight is 300 g/mol. The summed E-state index contributed by atoms with van der Waals surface area (Å²) in [6.07, 6.45) is 0. The first kappa shape index (κ1) is 16.3. The van der Waals surface area contributed by atoms with Gasteiger partial charge in [-0.2, -0.15) is 0 Å². The number of carbonyl (C=O) groups is 1. The van der Waals surface area contributed by atoms with Gasteiger partial charge in [-0.1, -0.05) is 12.2 Å². The van der Waals surface area contributed by atoms with Gasteiger partial charge in [0.05, 0.1) is 6.61 Å². The van der Waals surface area contributed by atoms with Crippen molar-refractivity contribution in [3.05, 3.63) is 29.6 Å². The standard InChI is InChI=1S/C13H17FN2O3S/c1-8(6-18-2)16-12(17)7-19-9-3-4-10(13(15)20)11(14)5-9/h3-5,8H,6-7H2,1-2H3,(H2,15,20)(H,16,17). The summed E-state index contributed by atoms with van der Waals surface area (Å²) in [6.45, 7) is 2.00. The summed E-state index contributed by atoms with van der Waals surface area (Å²) in [4.78, 5) is 11.5. The fourth-order valence-corrected chi connectivity index (χ4v) is 1.71. The molecule has 0 heterocycles. The van der Waals surface area contributed by atoms with Gasteiger partial charge in [0.2, 0.25) is 0 Å². The molecule has 1 atom stereocenters. The van der Waals surface area contributed by atoms with E-state index < -0.39 is 5.82 Å². The average Bonchev–Trinajstić information content (AvgIpc) is 2.36. The van der Waals surface area contributed by atoms with Crippen LogP contribution in [0.4, 0.5) is 4.39 Å². The predicted octanol–water partition coefficient (Wildman–Crippen LogP) is 0.990. The molecule has 3 N–H and O–H groups in total. The number of nitrogens with one attached hydrogen (secondary N) is 1. The van der Waals surface area contributed by atoms with Crippen LogP contribution < -0.4 is 15.8 Å². The maximum Gasteiger partial charge on any atom is 0.258 e. The van der Waals surface area contributed by atoms with Gasteiger partial charge in [-0.3, -0.25) is 4.79 Å². The highest BCUT2D eigenvalue weighted by molar-refractivity contribution is 7.80. The van der Waals surface area contributed by atoms with Gasteiger partial charge in [0, 0.05) is 24.8 Å². The molecule has 1 amide bonds. The third kappa shape index (κ3) is 5.10. The van der Waals surface area contributed by atoms with Crippen LogP contribution in [0.15, 0.2) is 18.2 Å². The summed E-state index contributed by atoms with van der Waals surface area (Å²) in [5.74, 6) is -0.659. The van der Waals surface area contributed by atoms with Crippen molar-refractivity contribution in [1.29, 1.82) is 0 Å². The molecule has 0 spiro atoms. The third-order valence-electron chi connectivity index (χ3n) is 2.40. The summed E-state index contributed by atoms with van der Waals surface area (Å²) in [5.41, 5.74) is 5.49. The van der Waals surface area contributed by atoms with Crippen LogP contribution in [0, 0.1) is 5.82 Å². The molecule has 1 rings (SSSR count). The Morgan fingerprint density at radius 2 is 2.25 bits per heavy atom. The highest BCUT2D eigenvalue weighted by Gasteiger charge is 2.10. The second kappa shape index (κ2) is 7.76. The van der Waals surface area contributed by atoms with Gasteiger partial charge in [-0.05, 0) is 19.1 Å². The van der Waals surface area contributed by atoms with Crippen molar-refractivity contribution in [3.63, 3.8) is 0 Å². The Hall–Kier alpha value is -1.73. The molecule has 0 saturated carbocycles. The van der Waals surface area contributed by atoms with Crippen molar-refractivity contribution in [1.82, 2.24) is 5.32 Å². The van der Waals surface area contributed by atoms with Gasteiger partial charge in [-0.15, -0.1) is 0 Å². The Morgan fingerprint density at radius 1 is 1.55 bits per heavy atom. The number of hydrogen-bond acceptors (Lipinski definition) is 4. The first-order chi connectivity index (χ1) is 9.43. The summed E-state index contributed by atoms with van der Waals surface area (Å²) in [5, 5.41) is 2.67. The van der Waals surface area contributed by atoms with Gasteiger partial charge < -0.3 is 20.5 Å². The fraction of sp³-hybridized carbons (Fsp3) is 0.385. The molecule has 5 nitrogen and oxygen atoms in total. The Labute approximate surface area is 122 Å². The zero-order valence-electron chi connectivity index (χ0n) is 11.3. The quantitative estimate of drug-likeness (QED) is 0.735. The topological polar surface area (TPSA) is 73.6 Å². The molecule has 1 unspecified atom stereocenters. The molecule has 0 aliphatic heterocycles. The van der Waals surface area contributed by atoms with E-state index in [2.05, 4.69) is 5.32 Å². The minimum Gasteiger partial charge on any atom is -0.484 e. The summed E-state index contributed by atoms with van der Waals surface area (Å²) in [6, 6.07) is 3.94. The number of carbonyl (C=O) groups excluding carboxylic acids is 1. The van der Waals surface area contributed by atoms with Crippen LogP contribution >= 0.6 is 12.2 Å². The van der Waals surface area contributed by atoms with E-state index in [1.807, 2.05) is 0 Å². The number of hydrogen-bond donors (Lipinski definition) is 2. The number of benzene rings is 1. The second-order valence-electron chi connectivity index (χ2n) is 4.22. The number of methoxy groups -OCH3 is 1. The first-order valence-corrected chi connectivity index (χ1v) is 6.35. The lowest BCUT2D eigenvalue weighted by Gasteiger charge is -2.13. The molecule has 0 aliphatic carbocycles. The van der Waals surface area contributed by atoms with E-state index in [0.29, 0.717) is 6.61 Å². The van der Waals surface area contributed by atoms with E-state index in [0.717, 1.165) is 6.07 Å². The van der Waals surface area contributed by atoms with Crippen molar-refractivity contribution in [2.75, 3.05) is 20.3 Å². The van der Waals surface area contributed by atoms with Crippen molar-refractivity contribution in [2.45, 2.75) is 13.0 Å². The van der Waals surface area contributed by atoms with Crippen molar-refractivity contribution in [2.24, 2.45) is 5.73 Å². The Morgan fingerprint density at radius 3 is 2.80 bits per heavy atom. The zero-order valence-corrected chi connectivity index (χ0v) is 12.1. The van der Waals surface area contributed by atoms with Gasteiger partial charge in [0.25, 0.3) is 5.91 Å². The van der Waals surface area contributed by atoms with Crippen molar-refractivity contribution < 1.29 is 18.7 Å². The van der Waals surface area contributed by atoms with Crippen LogP contribution in [0.1, 0.15) is 12.5 Å². The van der Waals surface area contributed by atoms with Gasteiger partial charge in [0.15, 0.2) is 6.61 Å². The number of nitrogens with two attached hydrogens (primary N) is 1. The summed E-state index contributed by atoms with van der Waals surface area (Å²) < 4.78 is 23.6. The molecule has 1 aromatic carbocycles.